The molecule has 1 saturated carbocycles. The Morgan fingerprint density at radius 2 is 1.84 bits per heavy atom. The van der Waals surface area contributed by atoms with Gasteiger partial charge in [0.2, 0.25) is 5.91 Å². The van der Waals surface area contributed by atoms with Gasteiger partial charge in [-0.2, -0.15) is 0 Å². The lowest BCUT2D eigenvalue weighted by atomic mass is 9.96. The van der Waals surface area contributed by atoms with E-state index in [2.05, 4.69) is 22.8 Å². The van der Waals surface area contributed by atoms with Gasteiger partial charge in [-0.3, -0.25) is 9.79 Å². The maximum Gasteiger partial charge on any atom is 0.223 e. The molecule has 6 heteroatoms. The third-order valence-electron chi connectivity index (χ3n) is 6.23. The summed E-state index contributed by atoms with van der Waals surface area (Å²) in [5, 5.41) is 6.61. The van der Waals surface area contributed by atoms with Gasteiger partial charge in [0.1, 0.15) is 5.82 Å². The van der Waals surface area contributed by atoms with Crippen LogP contribution in [0.25, 0.3) is 0 Å². The van der Waals surface area contributed by atoms with Gasteiger partial charge in [0.15, 0.2) is 5.96 Å². The van der Waals surface area contributed by atoms with Gasteiger partial charge in [-0.1, -0.05) is 36.4 Å². The third kappa shape index (κ3) is 5.24. The zero-order valence-electron chi connectivity index (χ0n) is 18.2. The van der Waals surface area contributed by atoms with Crippen molar-refractivity contribution in [3.8, 4) is 0 Å². The molecule has 1 aliphatic carbocycles. The van der Waals surface area contributed by atoms with Gasteiger partial charge < -0.3 is 15.5 Å². The minimum absolute atomic E-state index is 0.0365. The van der Waals surface area contributed by atoms with Crippen LogP contribution in [0.2, 0.25) is 0 Å². The van der Waals surface area contributed by atoms with E-state index >= 15 is 0 Å². The van der Waals surface area contributed by atoms with Crippen LogP contribution in [0.3, 0.4) is 0 Å². The van der Waals surface area contributed by atoms with Crippen LogP contribution >= 0.6 is 0 Å². The number of nitrogens with one attached hydrogen (secondary N) is 2. The SMILES string of the molecule is CCNC(=NCC1(c2cccc(F)c2)CC1)NCCCC(=O)N1Cc2ccccc2C1. The molecule has 0 aromatic heterocycles. The summed E-state index contributed by atoms with van der Waals surface area (Å²) in [5.74, 6) is 0.762. The fourth-order valence-electron chi connectivity index (χ4n) is 4.19. The second-order valence-electron chi connectivity index (χ2n) is 8.53. The number of aliphatic imine (C=N–C) groups is 1. The Kier molecular flexibility index (Phi) is 6.54. The molecule has 2 N–H and O–H groups in total. The minimum Gasteiger partial charge on any atom is -0.357 e. The molecule has 2 aromatic rings. The second-order valence-corrected chi connectivity index (χ2v) is 8.53. The van der Waals surface area contributed by atoms with Crippen LogP contribution < -0.4 is 10.6 Å². The zero-order valence-corrected chi connectivity index (χ0v) is 18.2. The molecule has 0 saturated heterocycles. The Bertz CT molecular complexity index is 929. The lowest BCUT2D eigenvalue weighted by Gasteiger charge is -2.17. The number of fused-ring (bicyclic) bond motifs is 1. The number of hydrogen-bond acceptors (Lipinski definition) is 2. The molecule has 5 nitrogen and oxygen atoms in total. The summed E-state index contributed by atoms with van der Waals surface area (Å²) in [6.45, 7) is 5.56. The van der Waals surface area contributed by atoms with Crippen molar-refractivity contribution in [1.29, 1.82) is 0 Å². The quantitative estimate of drug-likeness (QED) is 0.387. The van der Waals surface area contributed by atoms with Gasteiger partial charge >= 0.3 is 0 Å². The summed E-state index contributed by atoms with van der Waals surface area (Å²) >= 11 is 0. The van der Waals surface area contributed by atoms with Crippen LogP contribution in [0.4, 0.5) is 4.39 Å². The molecule has 1 amide bonds. The number of halogens is 1. The fraction of sp³-hybridized carbons (Fsp3) is 0.440. The molecule has 0 atom stereocenters. The predicted octanol–water partition coefficient (Wildman–Crippen LogP) is 3.74. The van der Waals surface area contributed by atoms with Crippen molar-refractivity contribution in [1.82, 2.24) is 15.5 Å². The monoisotopic (exact) mass is 422 g/mol. The first-order valence-electron chi connectivity index (χ1n) is 11.2. The highest BCUT2D eigenvalue weighted by Gasteiger charge is 2.44. The number of carbonyl (C=O) groups is 1. The molecule has 31 heavy (non-hydrogen) atoms. The first-order chi connectivity index (χ1) is 15.1. The van der Waals surface area contributed by atoms with Crippen LogP contribution in [-0.2, 0) is 23.3 Å². The minimum atomic E-state index is -0.191. The lowest BCUT2D eigenvalue weighted by molar-refractivity contribution is -0.131. The number of carbonyl (C=O) groups excluding carboxylic acids is 1. The van der Waals surface area contributed by atoms with E-state index in [1.54, 1.807) is 12.1 Å². The molecule has 4 rings (SSSR count). The van der Waals surface area contributed by atoms with Crippen LogP contribution in [0.5, 0.6) is 0 Å². The van der Waals surface area contributed by atoms with Crippen LogP contribution in [0.15, 0.2) is 53.5 Å². The second kappa shape index (κ2) is 9.50. The molecule has 0 radical (unpaired) electrons. The highest BCUT2D eigenvalue weighted by molar-refractivity contribution is 5.80. The van der Waals surface area contributed by atoms with Gasteiger partial charge in [-0.25, -0.2) is 4.39 Å². The predicted molar refractivity (Wildman–Crippen MR) is 121 cm³/mol. The normalized spacial score (nSPS) is 16.7. The largest absolute Gasteiger partial charge is 0.357 e. The van der Waals surface area contributed by atoms with Crippen molar-refractivity contribution in [2.24, 2.45) is 4.99 Å². The van der Waals surface area contributed by atoms with Gasteiger partial charge in [0.05, 0.1) is 6.54 Å². The van der Waals surface area contributed by atoms with Crippen molar-refractivity contribution in [2.45, 2.75) is 51.1 Å². The first kappa shape index (κ1) is 21.3. The Hall–Kier alpha value is -2.89. The van der Waals surface area contributed by atoms with Gasteiger partial charge in [-0.15, -0.1) is 0 Å². The van der Waals surface area contributed by atoms with E-state index < -0.39 is 0 Å². The van der Waals surface area contributed by atoms with Crippen LogP contribution in [0, 0.1) is 5.82 Å². The first-order valence-corrected chi connectivity index (χ1v) is 11.2. The summed E-state index contributed by atoms with van der Waals surface area (Å²) in [7, 11) is 0. The molecule has 0 bridgehead atoms. The summed E-state index contributed by atoms with van der Waals surface area (Å²) < 4.78 is 13.6. The van der Waals surface area contributed by atoms with E-state index in [-0.39, 0.29) is 17.1 Å². The lowest BCUT2D eigenvalue weighted by Crippen LogP contribution is -2.38. The van der Waals surface area contributed by atoms with Crippen molar-refractivity contribution in [3.05, 3.63) is 71.0 Å². The molecule has 164 valence electrons. The smallest absolute Gasteiger partial charge is 0.223 e. The molecule has 1 fully saturated rings. The van der Waals surface area contributed by atoms with Crippen molar-refractivity contribution < 1.29 is 9.18 Å². The van der Waals surface area contributed by atoms with Crippen molar-refractivity contribution >= 4 is 11.9 Å². The maximum atomic E-state index is 13.6. The standard InChI is InChI=1S/C25H31FN4O/c1-2-27-24(29-18-25(12-13-25)21-9-5-10-22(26)15-21)28-14-6-11-23(31)30-16-19-7-3-4-8-20(19)17-30/h3-5,7-10,15H,2,6,11-14,16-18H2,1H3,(H2,27,28,29). The number of amides is 1. The van der Waals surface area contributed by atoms with Crippen LogP contribution in [-0.4, -0.2) is 36.4 Å². The number of guanidine groups is 1. The van der Waals surface area contributed by atoms with Gasteiger partial charge in [-0.05, 0) is 55.0 Å². The number of benzene rings is 2. The van der Waals surface area contributed by atoms with E-state index in [0.29, 0.717) is 32.6 Å². The fourth-order valence-corrected chi connectivity index (χ4v) is 4.19. The van der Waals surface area contributed by atoms with Gasteiger partial charge in [0, 0.05) is 38.0 Å². The average molecular weight is 423 g/mol. The van der Waals surface area contributed by atoms with Crippen molar-refractivity contribution in [3.63, 3.8) is 0 Å². The number of hydrogen-bond donors (Lipinski definition) is 2. The number of nitrogens with zero attached hydrogens (tertiary/aromatic N) is 2. The van der Waals surface area contributed by atoms with Gasteiger partial charge in [0.25, 0.3) is 0 Å². The average Bonchev–Trinajstić information content (AvgIpc) is 3.44. The Morgan fingerprint density at radius 3 is 2.48 bits per heavy atom. The molecule has 0 spiro atoms. The van der Waals surface area contributed by atoms with Crippen molar-refractivity contribution in [2.75, 3.05) is 19.6 Å². The van der Waals surface area contributed by atoms with E-state index in [9.17, 15) is 9.18 Å². The van der Waals surface area contributed by atoms with E-state index in [0.717, 1.165) is 37.3 Å². The molecular formula is C25H31FN4O. The Labute approximate surface area is 183 Å². The van der Waals surface area contributed by atoms with Crippen LogP contribution in [0.1, 0.15) is 49.3 Å². The summed E-state index contributed by atoms with van der Waals surface area (Å²) in [6, 6.07) is 15.1. The topological polar surface area (TPSA) is 56.7 Å². The molecule has 1 heterocycles. The van der Waals surface area contributed by atoms with E-state index in [4.69, 9.17) is 4.99 Å². The zero-order chi connectivity index (χ0) is 21.7. The Morgan fingerprint density at radius 1 is 1.10 bits per heavy atom. The summed E-state index contributed by atoms with van der Waals surface area (Å²) in [5.41, 5.74) is 3.50. The number of rotatable bonds is 8. The summed E-state index contributed by atoms with van der Waals surface area (Å²) in [4.78, 5) is 19.2. The molecule has 0 unspecified atom stereocenters. The molecule has 1 aliphatic heterocycles. The molecule has 2 aliphatic rings. The molecule has 2 aromatic carbocycles. The molecular weight excluding hydrogens is 391 g/mol. The third-order valence-corrected chi connectivity index (χ3v) is 6.23. The van der Waals surface area contributed by atoms with E-state index in [1.807, 2.05) is 30.0 Å². The maximum absolute atomic E-state index is 13.6. The summed E-state index contributed by atoms with van der Waals surface area (Å²) in [6.07, 6.45) is 3.34. The van der Waals surface area contributed by atoms with E-state index in [1.165, 1.54) is 17.2 Å². The highest BCUT2D eigenvalue weighted by Crippen LogP contribution is 2.48. The Balaban J connectivity index is 1.24. The highest BCUT2D eigenvalue weighted by atomic mass is 19.1.